The van der Waals surface area contributed by atoms with Crippen molar-refractivity contribution in [2.24, 2.45) is 5.92 Å². The molecule has 3 atom stereocenters. The first-order chi connectivity index (χ1) is 12.6. The van der Waals surface area contributed by atoms with Gasteiger partial charge >= 0.3 is 0 Å². The van der Waals surface area contributed by atoms with Gasteiger partial charge in [-0.25, -0.2) is 0 Å². The van der Waals surface area contributed by atoms with E-state index in [1.807, 2.05) is 15.9 Å². The van der Waals surface area contributed by atoms with Crippen LogP contribution in [0.15, 0.2) is 23.0 Å². The Kier molecular flexibility index (Phi) is 5.91. The summed E-state index contributed by atoms with van der Waals surface area (Å²) >= 11 is 0. The minimum Gasteiger partial charge on any atom is -0.342 e. The maximum absolute atomic E-state index is 13.4. The first kappa shape index (κ1) is 19.9. The molecule has 0 saturated carbocycles. The fraction of sp³-hybridized carbons (Fsp3) is 0.632. The Morgan fingerprint density at radius 1 is 1.11 bits per heavy atom. The van der Waals surface area contributed by atoms with Gasteiger partial charge in [0.05, 0.1) is 0 Å². The Hall–Kier alpha value is -1.86. The number of hydrogen-bond acceptors (Lipinski definition) is 4. The van der Waals surface area contributed by atoms with Gasteiger partial charge in [0.2, 0.25) is 11.8 Å². The molecule has 0 radical (unpaired) electrons. The van der Waals surface area contributed by atoms with Gasteiger partial charge in [-0.3, -0.25) is 19.0 Å². The van der Waals surface area contributed by atoms with Crippen molar-refractivity contribution in [1.82, 2.24) is 19.7 Å². The number of likely N-dealkylation sites (tertiary alicyclic amines) is 1. The lowest BCUT2D eigenvalue weighted by Gasteiger charge is -2.47. The Labute approximate surface area is 165 Å². The summed E-state index contributed by atoms with van der Waals surface area (Å²) in [5, 5.41) is 3.32. The normalized spacial score (nSPS) is 27.2. The lowest BCUT2D eigenvalue weighted by molar-refractivity contribution is -0.141. The van der Waals surface area contributed by atoms with E-state index in [0.29, 0.717) is 26.2 Å². The van der Waals surface area contributed by atoms with E-state index < -0.39 is 6.04 Å². The summed E-state index contributed by atoms with van der Waals surface area (Å²) in [4.78, 5) is 41.8. The molecule has 2 saturated heterocycles. The van der Waals surface area contributed by atoms with Crippen molar-refractivity contribution in [3.8, 4) is 0 Å². The second-order valence-corrected chi connectivity index (χ2v) is 7.65. The number of pyridine rings is 1. The Balaban J connectivity index is 0.00000210. The molecule has 2 amide bonds. The van der Waals surface area contributed by atoms with Crippen molar-refractivity contribution < 1.29 is 9.59 Å². The van der Waals surface area contributed by atoms with Gasteiger partial charge in [-0.05, 0) is 25.5 Å². The fourth-order valence-electron chi connectivity index (χ4n) is 4.76. The summed E-state index contributed by atoms with van der Waals surface area (Å²) in [6.45, 7) is 5.83. The molecule has 1 aromatic rings. The summed E-state index contributed by atoms with van der Waals surface area (Å²) in [7, 11) is 0. The van der Waals surface area contributed by atoms with Crippen LogP contribution in [0.4, 0.5) is 0 Å². The maximum Gasteiger partial charge on any atom is 0.251 e. The van der Waals surface area contributed by atoms with E-state index >= 15 is 0 Å². The van der Waals surface area contributed by atoms with Crippen molar-refractivity contribution in [3.63, 3.8) is 0 Å². The highest BCUT2D eigenvalue weighted by molar-refractivity contribution is 5.85. The summed E-state index contributed by atoms with van der Waals surface area (Å²) in [5.41, 5.74) is 0.783. The molecule has 3 aliphatic heterocycles. The average Bonchev–Trinajstić information content (AvgIpc) is 2.91. The van der Waals surface area contributed by atoms with E-state index in [1.165, 1.54) is 6.07 Å². The molecule has 0 aliphatic carbocycles. The van der Waals surface area contributed by atoms with Crippen molar-refractivity contribution in [3.05, 3.63) is 34.2 Å². The van der Waals surface area contributed by atoms with Gasteiger partial charge in [-0.2, -0.15) is 0 Å². The van der Waals surface area contributed by atoms with Crippen LogP contribution in [0.2, 0.25) is 0 Å². The minimum absolute atomic E-state index is 0. The molecule has 8 heteroatoms. The van der Waals surface area contributed by atoms with Crippen molar-refractivity contribution in [1.29, 1.82) is 0 Å². The number of fused-ring (bicyclic) bond motifs is 4. The van der Waals surface area contributed by atoms with E-state index in [9.17, 15) is 14.4 Å². The van der Waals surface area contributed by atoms with E-state index in [1.54, 1.807) is 17.6 Å². The maximum atomic E-state index is 13.4. The predicted octanol–water partition coefficient (Wildman–Crippen LogP) is 0.599. The zero-order chi connectivity index (χ0) is 18.3. The molecule has 0 spiro atoms. The van der Waals surface area contributed by atoms with Crippen molar-refractivity contribution in [2.45, 2.75) is 31.7 Å². The highest BCUT2D eigenvalue weighted by atomic mass is 35.5. The van der Waals surface area contributed by atoms with E-state index in [4.69, 9.17) is 0 Å². The third kappa shape index (κ3) is 3.62. The predicted molar refractivity (Wildman–Crippen MR) is 104 cm³/mol. The van der Waals surface area contributed by atoms with Crippen LogP contribution in [0.1, 0.15) is 37.4 Å². The molecule has 7 nitrogen and oxygen atoms in total. The molecule has 4 heterocycles. The fourth-order valence-corrected chi connectivity index (χ4v) is 4.76. The minimum atomic E-state index is -0.504. The number of amides is 2. The molecular weight excluding hydrogens is 368 g/mol. The zero-order valence-corrected chi connectivity index (χ0v) is 16.4. The average molecular weight is 395 g/mol. The van der Waals surface area contributed by atoms with Crippen LogP contribution >= 0.6 is 12.4 Å². The van der Waals surface area contributed by atoms with E-state index in [-0.39, 0.29) is 41.6 Å². The number of carbonyl (C=O) groups excluding carboxylic acids is 2. The third-order valence-electron chi connectivity index (χ3n) is 6.00. The van der Waals surface area contributed by atoms with Gasteiger partial charge in [0.15, 0.2) is 0 Å². The summed E-state index contributed by atoms with van der Waals surface area (Å²) in [6, 6.07) is 4.74. The number of hydrogen-bond donors (Lipinski definition) is 1. The van der Waals surface area contributed by atoms with Gasteiger partial charge in [0.1, 0.15) is 6.04 Å². The van der Waals surface area contributed by atoms with Gasteiger partial charge < -0.3 is 15.1 Å². The van der Waals surface area contributed by atoms with Crippen LogP contribution in [0.5, 0.6) is 0 Å². The number of carbonyl (C=O) groups is 2. The Morgan fingerprint density at radius 2 is 1.93 bits per heavy atom. The van der Waals surface area contributed by atoms with Gasteiger partial charge in [0, 0.05) is 63.2 Å². The quantitative estimate of drug-likeness (QED) is 0.756. The van der Waals surface area contributed by atoms with Crippen LogP contribution in [0.25, 0.3) is 0 Å². The molecular formula is C19H27ClN4O3. The van der Waals surface area contributed by atoms with Crippen LogP contribution < -0.4 is 10.9 Å². The van der Waals surface area contributed by atoms with Crippen LogP contribution in [-0.4, -0.2) is 65.4 Å². The molecule has 1 aromatic heterocycles. The second-order valence-electron chi connectivity index (χ2n) is 7.65. The van der Waals surface area contributed by atoms with Crippen LogP contribution in [0.3, 0.4) is 0 Å². The van der Waals surface area contributed by atoms with Crippen molar-refractivity contribution in [2.75, 3.05) is 39.3 Å². The number of piperidine rings is 1. The molecule has 2 fully saturated rings. The van der Waals surface area contributed by atoms with Gasteiger partial charge in [-0.1, -0.05) is 6.07 Å². The Bertz CT molecular complexity index is 772. The second kappa shape index (κ2) is 8.02. The van der Waals surface area contributed by atoms with E-state index in [2.05, 4.69) is 5.32 Å². The number of halogens is 1. The lowest BCUT2D eigenvalue weighted by atomic mass is 9.78. The first-order valence-electron chi connectivity index (χ1n) is 9.52. The highest BCUT2D eigenvalue weighted by Crippen LogP contribution is 2.41. The van der Waals surface area contributed by atoms with Crippen molar-refractivity contribution >= 4 is 24.2 Å². The molecule has 148 valence electrons. The monoisotopic (exact) mass is 394 g/mol. The first-order valence-corrected chi connectivity index (χ1v) is 9.52. The summed E-state index contributed by atoms with van der Waals surface area (Å²) < 4.78 is 1.72. The molecule has 27 heavy (non-hydrogen) atoms. The third-order valence-corrected chi connectivity index (χ3v) is 6.00. The standard InChI is InChI=1S/C19H26N4O3.ClH/c1-13(24)22-11-14-10-15(12-22)18(23-16(14)4-2-5-17(23)25)19(26)21-8-3-6-20-7-9-21;/h2,4-5,14-15,18,20H,3,6-12H2,1H3;1H/t14-,15+,18-;/m1./s1. The number of aromatic nitrogens is 1. The van der Waals surface area contributed by atoms with Gasteiger partial charge in [-0.15, -0.1) is 12.4 Å². The molecule has 0 aromatic carbocycles. The van der Waals surface area contributed by atoms with E-state index in [0.717, 1.165) is 31.6 Å². The largest absolute Gasteiger partial charge is 0.342 e. The van der Waals surface area contributed by atoms with Crippen LogP contribution in [-0.2, 0) is 9.59 Å². The molecule has 3 aliphatic rings. The summed E-state index contributed by atoms with van der Waals surface area (Å²) in [6.07, 6.45) is 1.78. The lowest BCUT2D eigenvalue weighted by Crippen LogP contribution is -2.55. The Morgan fingerprint density at radius 3 is 2.70 bits per heavy atom. The number of nitrogens with zero attached hydrogens (tertiary/aromatic N) is 3. The topological polar surface area (TPSA) is 74.7 Å². The smallest absolute Gasteiger partial charge is 0.251 e. The molecule has 1 N–H and O–H groups in total. The SMILES string of the molecule is CC(=O)N1C[C@H]2C[C@@H](C1)[C@H](C(=O)N1CCCNCC1)n1c2cccc1=O.Cl. The molecule has 2 bridgehead atoms. The van der Waals surface area contributed by atoms with Gasteiger partial charge in [0.25, 0.3) is 5.56 Å². The molecule has 4 rings (SSSR count). The molecule has 0 unspecified atom stereocenters. The number of nitrogens with one attached hydrogen (secondary N) is 1. The number of rotatable bonds is 1. The summed E-state index contributed by atoms with van der Waals surface area (Å²) in [5.74, 6) is 0.184. The highest BCUT2D eigenvalue weighted by Gasteiger charge is 2.45. The zero-order valence-electron chi connectivity index (χ0n) is 15.6. The van der Waals surface area contributed by atoms with Crippen LogP contribution in [0, 0.1) is 5.92 Å².